The molecule has 1 fully saturated rings. The molecule has 20 heavy (non-hydrogen) atoms. The standard InChI is InChI=1S/C15H24N2O3/c1-12(2)17-6-4-5-14(17)15(18)20-13(3)11-16-7-9-19-10-8-16/h4-6,12-13H,7-11H2,1-3H3. The predicted molar refractivity (Wildman–Crippen MR) is 77.0 cm³/mol. The number of rotatable bonds is 5. The van der Waals surface area contributed by atoms with E-state index in [1.54, 1.807) is 0 Å². The quantitative estimate of drug-likeness (QED) is 0.773. The second kappa shape index (κ2) is 6.90. The molecule has 1 aromatic heterocycles. The van der Waals surface area contributed by atoms with Gasteiger partial charge in [0.05, 0.1) is 13.2 Å². The van der Waals surface area contributed by atoms with Crippen LogP contribution in [0.3, 0.4) is 0 Å². The van der Waals surface area contributed by atoms with E-state index in [2.05, 4.69) is 4.90 Å². The molecule has 0 spiro atoms. The molecule has 0 radical (unpaired) electrons. The van der Waals surface area contributed by atoms with E-state index >= 15 is 0 Å². The lowest BCUT2D eigenvalue weighted by molar-refractivity contribution is -0.000210. The van der Waals surface area contributed by atoms with Crippen LogP contribution in [0.5, 0.6) is 0 Å². The zero-order valence-electron chi connectivity index (χ0n) is 12.5. The van der Waals surface area contributed by atoms with Crippen LogP contribution in [0.2, 0.25) is 0 Å². The first kappa shape index (κ1) is 15.1. The highest BCUT2D eigenvalue weighted by Gasteiger charge is 2.19. The van der Waals surface area contributed by atoms with Gasteiger partial charge in [0.25, 0.3) is 0 Å². The molecule has 1 saturated heterocycles. The molecule has 2 heterocycles. The van der Waals surface area contributed by atoms with Gasteiger partial charge in [0.15, 0.2) is 0 Å². The molecule has 0 saturated carbocycles. The molecular weight excluding hydrogens is 256 g/mol. The summed E-state index contributed by atoms with van der Waals surface area (Å²) in [5.74, 6) is -0.246. The zero-order chi connectivity index (χ0) is 14.5. The van der Waals surface area contributed by atoms with Gasteiger partial charge in [-0.25, -0.2) is 4.79 Å². The lowest BCUT2D eigenvalue weighted by Crippen LogP contribution is -2.41. The van der Waals surface area contributed by atoms with Gasteiger partial charge >= 0.3 is 5.97 Å². The van der Waals surface area contributed by atoms with Gasteiger partial charge in [0.1, 0.15) is 11.8 Å². The summed E-state index contributed by atoms with van der Waals surface area (Å²) in [5.41, 5.74) is 0.619. The van der Waals surface area contributed by atoms with Gasteiger partial charge in [-0.05, 0) is 32.9 Å². The van der Waals surface area contributed by atoms with Crippen molar-refractivity contribution >= 4 is 5.97 Å². The fourth-order valence-electron chi connectivity index (χ4n) is 2.44. The van der Waals surface area contributed by atoms with E-state index in [0.717, 1.165) is 32.8 Å². The highest BCUT2D eigenvalue weighted by atomic mass is 16.5. The van der Waals surface area contributed by atoms with Crippen LogP contribution < -0.4 is 0 Å². The summed E-state index contributed by atoms with van der Waals surface area (Å²) in [6, 6.07) is 3.94. The Morgan fingerprint density at radius 2 is 2.05 bits per heavy atom. The van der Waals surface area contributed by atoms with Crippen molar-refractivity contribution < 1.29 is 14.3 Å². The Hall–Kier alpha value is -1.33. The van der Waals surface area contributed by atoms with Crippen molar-refractivity contribution in [2.45, 2.75) is 32.9 Å². The summed E-state index contributed by atoms with van der Waals surface area (Å²) in [6.45, 7) is 10.1. The molecule has 1 aliphatic rings. The van der Waals surface area contributed by atoms with Gasteiger partial charge in [0, 0.05) is 31.9 Å². The average Bonchev–Trinajstić information content (AvgIpc) is 2.89. The number of hydrogen-bond acceptors (Lipinski definition) is 4. The molecule has 5 nitrogen and oxygen atoms in total. The zero-order valence-corrected chi connectivity index (χ0v) is 12.5. The van der Waals surface area contributed by atoms with Crippen LogP contribution in [0, 0.1) is 0 Å². The summed E-state index contributed by atoms with van der Waals surface area (Å²) in [6.07, 6.45) is 1.80. The van der Waals surface area contributed by atoms with E-state index in [0.29, 0.717) is 5.69 Å². The predicted octanol–water partition coefficient (Wildman–Crippen LogP) is 1.95. The normalized spacial score (nSPS) is 18.2. The summed E-state index contributed by atoms with van der Waals surface area (Å²) in [5, 5.41) is 0. The van der Waals surface area contributed by atoms with Crippen molar-refractivity contribution in [1.82, 2.24) is 9.47 Å². The Morgan fingerprint density at radius 3 is 2.70 bits per heavy atom. The van der Waals surface area contributed by atoms with Crippen LogP contribution in [0.25, 0.3) is 0 Å². The van der Waals surface area contributed by atoms with Gasteiger partial charge in [-0.15, -0.1) is 0 Å². The fourth-order valence-corrected chi connectivity index (χ4v) is 2.44. The van der Waals surface area contributed by atoms with Crippen molar-refractivity contribution in [2.24, 2.45) is 0 Å². The molecular formula is C15H24N2O3. The summed E-state index contributed by atoms with van der Waals surface area (Å²) >= 11 is 0. The molecule has 112 valence electrons. The molecule has 0 N–H and O–H groups in total. The van der Waals surface area contributed by atoms with Crippen molar-refractivity contribution in [1.29, 1.82) is 0 Å². The van der Waals surface area contributed by atoms with Crippen molar-refractivity contribution in [3.05, 3.63) is 24.0 Å². The van der Waals surface area contributed by atoms with Gasteiger partial charge in [-0.1, -0.05) is 0 Å². The van der Waals surface area contributed by atoms with Crippen molar-refractivity contribution in [3.63, 3.8) is 0 Å². The van der Waals surface area contributed by atoms with Crippen LogP contribution in [0.1, 0.15) is 37.3 Å². The minimum absolute atomic E-state index is 0.115. The maximum absolute atomic E-state index is 12.2. The van der Waals surface area contributed by atoms with Crippen LogP contribution in [-0.2, 0) is 9.47 Å². The van der Waals surface area contributed by atoms with Crippen LogP contribution in [0.4, 0.5) is 0 Å². The highest BCUT2D eigenvalue weighted by molar-refractivity contribution is 5.87. The number of ether oxygens (including phenoxy) is 2. The van der Waals surface area contributed by atoms with Crippen molar-refractivity contribution in [2.75, 3.05) is 32.8 Å². The van der Waals surface area contributed by atoms with Crippen LogP contribution in [0.15, 0.2) is 18.3 Å². The Morgan fingerprint density at radius 1 is 1.35 bits per heavy atom. The third-order valence-corrected chi connectivity index (χ3v) is 3.47. The molecule has 5 heteroatoms. The number of aromatic nitrogens is 1. The smallest absolute Gasteiger partial charge is 0.355 e. The lowest BCUT2D eigenvalue weighted by Gasteiger charge is -2.28. The Bertz CT molecular complexity index is 436. The van der Waals surface area contributed by atoms with E-state index in [4.69, 9.17) is 9.47 Å². The van der Waals surface area contributed by atoms with Crippen LogP contribution >= 0.6 is 0 Å². The minimum atomic E-state index is -0.246. The number of hydrogen-bond donors (Lipinski definition) is 0. The first-order valence-electron chi connectivity index (χ1n) is 7.26. The molecule has 0 aliphatic carbocycles. The van der Waals surface area contributed by atoms with Gasteiger partial charge in [0.2, 0.25) is 0 Å². The third-order valence-electron chi connectivity index (χ3n) is 3.47. The summed E-state index contributed by atoms with van der Waals surface area (Å²) < 4.78 is 12.8. The molecule has 0 aromatic carbocycles. The average molecular weight is 280 g/mol. The SMILES string of the molecule is CC(CN1CCOCC1)OC(=O)c1cccn1C(C)C. The highest BCUT2D eigenvalue weighted by Crippen LogP contribution is 2.13. The Labute approximate surface area is 120 Å². The van der Waals surface area contributed by atoms with E-state index < -0.39 is 0 Å². The maximum atomic E-state index is 12.2. The van der Waals surface area contributed by atoms with E-state index in [1.165, 1.54) is 0 Å². The second-order valence-corrected chi connectivity index (χ2v) is 5.52. The molecule has 2 rings (SSSR count). The van der Waals surface area contributed by atoms with E-state index in [1.807, 2.05) is 43.7 Å². The largest absolute Gasteiger partial charge is 0.457 e. The number of carbonyl (C=O) groups is 1. The first-order chi connectivity index (χ1) is 9.58. The molecule has 0 amide bonds. The maximum Gasteiger partial charge on any atom is 0.355 e. The Balaban J connectivity index is 1.88. The molecule has 1 atom stereocenters. The molecule has 1 aliphatic heterocycles. The minimum Gasteiger partial charge on any atom is -0.457 e. The summed E-state index contributed by atoms with van der Waals surface area (Å²) in [7, 11) is 0. The van der Waals surface area contributed by atoms with Gasteiger partial charge in [-0.2, -0.15) is 0 Å². The van der Waals surface area contributed by atoms with Crippen LogP contribution in [-0.4, -0.2) is 54.4 Å². The Kier molecular flexibility index (Phi) is 5.20. The van der Waals surface area contributed by atoms with E-state index in [-0.39, 0.29) is 18.1 Å². The summed E-state index contributed by atoms with van der Waals surface area (Å²) in [4.78, 5) is 14.5. The molecule has 1 unspecified atom stereocenters. The molecule has 1 aromatic rings. The number of esters is 1. The number of morpholine rings is 1. The first-order valence-corrected chi connectivity index (χ1v) is 7.26. The molecule has 0 bridgehead atoms. The third kappa shape index (κ3) is 3.84. The van der Waals surface area contributed by atoms with Gasteiger partial charge in [-0.3, -0.25) is 4.90 Å². The monoisotopic (exact) mass is 280 g/mol. The fraction of sp³-hybridized carbons (Fsp3) is 0.667. The number of nitrogens with zero attached hydrogens (tertiary/aromatic N) is 2. The number of carbonyl (C=O) groups excluding carboxylic acids is 1. The second-order valence-electron chi connectivity index (χ2n) is 5.52. The van der Waals surface area contributed by atoms with Gasteiger partial charge < -0.3 is 14.0 Å². The van der Waals surface area contributed by atoms with Crippen molar-refractivity contribution in [3.8, 4) is 0 Å². The van der Waals surface area contributed by atoms with E-state index in [9.17, 15) is 4.79 Å². The topological polar surface area (TPSA) is 43.7 Å². The lowest BCUT2D eigenvalue weighted by atomic mass is 10.3.